The number of benzene rings is 1. The van der Waals surface area contributed by atoms with Crippen LogP contribution in [0.5, 0.6) is 0 Å². The lowest BCUT2D eigenvalue weighted by molar-refractivity contribution is -0.128. The molecule has 2 aromatic rings. The fraction of sp³-hybridized carbons (Fsp3) is 0.133. The van der Waals surface area contributed by atoms with Crippen molar-refractivity contribution in [2.75, 3.05) is 6.54 Å². The molecule has 0 radical (unpaired) electrons. The Morgan fingerprint density at radius 3 is 2.29 bits per heavy atom. The first-order valence-electron chi connectivity index (χ1n) is 6.79. The van der Waals surface area contributed by atoms with E-state index in [1.165, 1.54) is 35.6 Å². The van der Waals surface area contributed by atoms with Crippen LogP contribution in [-0.2, 0) is 16.0 Å². The molecular formula is C15H13BrFN3O3S. The molecule has 126 valence electrons. The first-order valence-corrected chi connectivity index (χ1v) is 8.40. The topological polar surface area (TPSA) is 87.3 Å². The predicted octanol–water partition coefficient (Wildman–Crippen LogP) is 1.77. The van der Waals surface area contributed by atoms with Gasteiger partial charge in [0.15, 0.2) is 0 Å². The summed E-state index contributed by atoms with van der Waals surface area (Å²) < 4.78 is 13.6. The molecule has 0 fully saturated rings. The Bertz CT molecular complexity index is 749. The van der Waals surface area contributed by atoms with Gasteiger partial charge in [-0.2, -0.15) is 0 Å². The van der Waals surface area contributed by atoms with E-state index in [-0.39, 0.29) is 24.7 Å². The highest BCUT2D eigenvalue weighted by Gasteiger charge is 2.11. The van der Waals surface area contributed by atoms with Crippen molar-refractivity contribution in [2.24, 2.45) is 0 Å². The number of carbonyl (C=O) groups is 3. The van der Waals surface area contributed by atoms with Gasteiger partial charge in [-0.25, -0.2) is 4.39 Å². The second kappa shape index (κ2) is 8.55. The van der Waals surface area contributed by atoms with Crippen molar-refractivity contribution in [3.63, 3.8) is 0 Å². The summed E-state index contributed by atoms with van der Waals surface area (Å²) in [5.74, 6) is -1.78. The molecule has 0 bridgehead atoms. The van der Waals surface area contributed by atoms with Gasteiger partial charge in [0.25, 0.3) is 11.8 Å². The van der Waals surface area contributed by atoms with Crippen LogP contribution in [0.4, 0.5) is 4.39 Å². The molecule has 0 spiro atoms. The molecule has 6 nitrogen and oxygen atoms in total. The zero-order valence-electron chi connectivity index (χ0n) is 12.3. The normalized spacial score (nSPS) is 10.1. The van der Waals surface area contributed by atoms with Crippen molar-refractivity contribution in [1.29, 1.82) is 0 Å². The minimum Gasteiger partial charge on any atom is -0.342 e. The van der Waals surface area contributed by atoms with Crippen molar-refractivity contribution < 1.29 is 18.8 Å². The Kier molecular flexibility index (Phi) is 6.44. The van der Waals surface area contributed by atoms with Crippen LogP contribution in [0.25, 0.3) is 0 Å². The second-order valence-electron chi connectivity index (χ2n) is 4.69. The summed E-state index contributed by atoms with van der Waals surface area (Å²) in [5.41, 5.74) is 5.03. The molecule has 9 heteroatoms. The van der Waals surface area contributed by atoms with Crippen LogP contribution < -0.4 is 16.2 Å². The third kappa shape index (κ3) is 5.74. The van der Waals surface area contributed by atoms with Gasteiger partial charge >= 0.3 is 0 Å². The predicted molar refractivity (Wildman–Crippen MR) is 90.7 cm³/mol. The van der Waals surface area contributed by atoms with E-state index < -0.39 is 11.8 Å². The van der Waals surface area contributed by atoms with Gasteiger partial charge in [0.05, 0.1) is 21.6 Å². The van der Waals surface area contributed by atoms with E-state index in [1.807, 2.05) is 0 Å². The van der Waals surface area contributed by atoms with Crippen molar-refractivity contribution >= 4 is 45.0 Å². The van der Waals surface area contributed by atoms with E-state index in [0.717, 1.165) is 3.79 Å². The lowest BCUT2D eigenvalue weighted by atomic mass is 10.1. The number of hydrazine groups is 1. The fourth-order valence-electron chi connectivity index (χ4n) is 1.70. The summed E-state index contributed by atoms with van der Waals surface area (Å²) in [4.78, 5) is 35.5. The Labute approximate surface area is 149 Å². The summed E-state index contributed by atoms with van der Waals surface area (Å²) in [6.07, 6.45) is -0.00383. The molecule has 0 aliphatic carbocycles. The summed E-state index contributed by atoms with van der Waals surface area (Å²) in [7, 11) is 0. The van der Waals surface area contributed by atoms with Crippen LogP contribution in [0.2, 0.25) is 0 Å². The van der Waals surface area contributed by atoms with Crippen molar-refractivity contribution in [1.82, 2.24) is 16.2 Å². The average molecular weight is 414 g/mol. The van der Waals surface area contributed by atoms with Gasteiger partial charge in [-0.3, -0.25) is 25.2 Å². The zero-order chi connectivity index (χ0) is 17.5. The standard InChI is InChI=1S/C15H13BrFN3O3S/c16-12-6-5-11(24-12)15(23)18-8-14(22)20-19-13(21)7-9-1-3-10(17)4-2-9/h1-6H,7-8H2,(H,18,23)(H,19,21)(H,20,22). The minimum absolute atomic E-state index is 0.00383. The molecule has 3 N–H and O–H groups in total. The number of amides is 3. The van der Waals surface area contributed by atoms with Gasteiger partial charge in [0.2, 0.25) is 5.91 Å². The Morgan fingerprint density at radius 2 is 1.67 bits per heavy atom. The van der Waals surface area contributed by atoms with Crippen LogP contribution in [0.3, 0.4) is 0 Å². The number of thiophene rings is 1. The maximum absolute atomic E-state index is 12.8. The van der Waals surface area contributed by atoms with Crippen LogP contribution >= 0.6 is 27.3 Å². The molecule has 1 aromatic carbocycles. The Balaban J connectivity index is 1.69. The Hall–Kier alpha value is -2.26. The molecule has 3 amide bonds. The third-order valence-corrected chi connectivity index (χ3v) is 4.45. The van der Waals surface area contributed by atoms with Crippen molar-refractivity contribution in [3.05, 3.63) is 56.4 Å². The molecule has 0 atom stereocenters. The molecule has 0 saturated heterocycles. The van der Waals surface area contributed by atoms with Gasteiger partial charge in [-0.05, 0) is 45.8 Å². The molecular weight excluding hydrogens is 401 g/mol. The highest BCUT2D eigenvalue weighted by molar-refractivity contribution is 9.11. The van der Waals surface area contributed by atoms with Crippen LogP contribution in [-0.4, -0.2) is 24.3 Å². The summed E-state index contributed by atoms with van der Waals surface area (Å²) >= 11 is 4.49. The van der Waals surface area contributed by atoms with Crippen LogP contribution in [0.1, 0.15) is 15.2 Å². The molecule has 24 heavy (non-hydrogen) atoms. The molecule has 1 aromatic heterocycles. The van der Waals surface area contributed by atoms with E-state index in [2.05, 4.69) is 32.1 Å². The number of nitrogens with one attached hydrogen (secondary N) is 3. The van der Waals surface area contributed by atoms with Gasteiger partial charge in [-0.15, -0.1) is 11.3 Å². The van der Waals surface area contributed by atoms with E-state index in [9.17, 15) is 18.8 Å². The van der Waals surface area contributed by atoms with Crippen molar-refractivity contribution in [3.8, 4) is 0 Å². The molecule has 0 unspecified atom stereocenters. The number of hydrogen-bond donors (Lipinski definition) is 3. The number of rotatable bonds is 5. The zero-order valence-corrected chi connectivity index (χ0v) is 14.7. The smallest absolute Gasteiger partial charge is 0.261 e. The molecule has 0 aliphatic heterocycles. The van der Waals surface area contributed by atoms with E-state index >= 15 is 0 Å². The van der Waals surface area contributed by atoms with Crippen LogP contribution in [0.15, 0.2) is 40.2 Å². The first kappa shape index (κ1) is 18.1. The van der Waals surface area contributed by atoms with E-state index in [1.54, 1.807) is 12.1 Å². The van der Waals surface area contributed by atoms with Gasteiger partial charge in [0, 0.05) is 0 Å². The molecule has 0 aliphatic rings. The summed E-state index contributed by atoms with van der Waals surface area (Å²) in [6.45, 7) is -0.273. The Morgan fingerprint density at radius 1 is 1.00 bits per heavy atom. The summed E-state index contributed by atoms with van der Waals surface area (Å²) in [5, 5.41) is 2.44. The monoisotopic (exact) mass is 413 g/mol. The number of halogens is 2. The summed E-state index contributed by atoms with van der Waals surface area (Å²) in [6, 6.07) is 8.83. The highest BCUT2D eigenvalue weighted by Crippen LogP contribution is 2.21. The minimum atomic E-state index is -0.563. The maximum Gasteiger partial charge on any atom is 0.261 e. The highest BCUT2D eigenvalue weighted by atomic mass is 79.9. The number of hydrogen-bond acceptors (Lipinski definition) is 4. The maximum atomic E-state index is 12.8. The molecule has 1 heterocycles. The van der Waals surface area contributed by atoms with E-state index in [4.69, 9.17) is 0 Å². The average Bonchev–Trinajstić information content (AvgIpc) is 2.99. The van der Waals surface area contributed by atoms with Crippen molar-refractivity contribution in [2.45, 2.75) is 6.42 Å². The van der Waals surface area contributed by atoms with Gasteiger partial charge in [0.1, 0.15) is 5.82 Å². The molecule has 0 saturated carbocycles. The second-order valence-corrected chi connectivity index (χ2v) is 7.15. The molecule has 2 rings (SSSR count). The lowest BCUT2D eigenvalue weighted by Gasteiger charge is -2.08. The SMILES string of the molecule is O=C(CNC(=O)c1ccc(Br)s1)NNC(=O)Cc1ccc(F)cc1. The third-order valence-electron chi connectivity index (χ3n) is 2.83. The lowest BCUT2D eigenvalue weighted by Crippen LogP contribution is -2.46. The van der Waals surface area contributed by atoms with Gasteiger partial charge in [-0.1, -0.05) is 12.1 Å². The first-order chi connectivity index (χ1) is 11.4. The van der Waals surface area contributed by atoms with Crippen LogP contribution in [0, 0.1) is 5.82 Å². The van der Waals surface area contributed by atoms with E-state index in [0.29, 0.717) is 10.4 Å². The fourth-order valence-corrected chi connectivity index (χ4v) is 3.00. The van der Waals surface area contributed by atoms with Gasteiger partial charge < -0.3 is 5.32 Å². The quantitative estimate of drug-likeness (QED) is 0.652. The largest absolute Gasteiger partial charge is 0.342 e. The number of carbonyl (C=O) groups excluding carboxylic acids is 3.